The fourth-order valence-corrected chi connectivity index (χ4v) is 3.64. The Morgan fingerprint density at radius 2 is 1.75 bits per heavy atom. The molecule has 0 atom stereocenters. The van der Waals surface area contributed by atoms with Crippen LogP contribution in [0.3, 0.4) is 0 Å². The third-order valence-corrected chi connectivity index (χ3v) is 4.91. The molecule has 1 aliphatic carbocycles. The van der Waals surface area contributed by atoms with Crippen LogP contribution in [0.1, 0.15) is 37.2 Å². The molecule has 1 saturated heterocycles. The normalized spacial score (nSPS) is 31.6. The van der Waals surface area contributed by atoms with Crippen molar-refractivity contribution in [3.8, 4) is 6.07 Å². The monoisotopic (exact) mass is 270 g/mol. The van der Waals surface area contributed by atoms with E-state index in [2.05, 4.69) is 41.3 Å². The molecule has 0 bridgehead atoms. The fourth-order valence-electron chi connectivity index (χ4n) is 3.64. The molecule has 1 aliphatic heterocycles. The van der Waals surface area contributed by atoms with Crippen molar-refractivity contribution >= 4 is 0 Å². The molecule has 0 amide bonds. The first-order valence-corrected chi connectivity index (χ1v) is 7.63. The van der Waals surface area contributed by atoms with Crippen LogP contribution >= 0.6 is 0 Å². The SMILES string of the molecule is N#CC1(N2CCOCC2)CCC(c2ccccc2)CC1. The second kappa shape index (κ2) is 5.95. The first-order chi connectivity index (χ1) is 9.84. The van der Waals surface area contributed by atoms with E-state index in [-0.39, 0.29) is 5.54 Å². The number of ether oxygens (including phenoxy) is 1. The molecule has 3 heteroatoms. The van der Waals surface area contributed by atoms with Crippen molar-refractivity contribution in [3.05, 3.63) is 35.9 Å². The molecule has 0 spiro atoms. The summed E-state index contributed by atoms with van der Waals surface area (Å²) in [5.74, 6) is 0.624. The van der Waals surface area contributed by atoms with Crippen LogP contribution < -0.4 is 0 Å². The van der Waals surface area contributed by atoms with Gasteiger partial charge in [-0.2, -0.15) is 5.26 Å². The van der Waals surface area contributed by atoms with Gasteiger partial charge in [0.05, 0.1) is 19.3 Å². The van der Waals surface area contributed by atoms with Gasteiger partial charge >= 0.3 is 0 Å². The van der Waals surface area contributed by atoms with Gasteiger partial charge in [0.1, 0.15) is 5.54 Å². The molecule has 0 unspecified atom stereocenters. The largest absolute Gasteiger partial charge is 0.379 e. The molecule has 0 radical (unpaired) electrons. The van der Waals surface area contributed by atoms with E-state index >= 15 is 0 Å². The molecule has 106 valence electrons. The van der Waals surface area contributed by atoms with E-state index < -0.39 is 0 Å². The van der Waals surface area contributed by atoms with E-state index in [1.807, 2.05) is 0 Å². The van der Waals surface area contributed by atoms with Crippen LogP contribution in [-0.4, -0.2) is 36.7 Å². The zero-order valence-corrected chi connectivity index (χ0v) is 11.9. The summed E-state index contributed by atoms with van der Waals surface area (Å²) in [5, 5.41) is 9.72. The van der Waals surface area contributed by atoms with Crippen LogP contribution in [0.25, 0.3) is 0 Å². The van der Waals surface area contributed by atoms with Gasteiger partial charge in [0.2, 0.25) is 0 Å². The molecule has 2 fully saturated rings. The summed E-state index contributed by atoms with van der Waals surface area (Å²) >= 11 is 0. The lowest BCUT2D eigenvalue weighted by Crippen LogP contribution is -2.54. The Labute approximate surface area is 121 Å². The second-order valence-corrected chi connectivity index (χ2v) is 5.93. The lowest BCUT2D eigenvalue weighted by molar-refractivity contribution is -0.0166. The molecule has 1 aromatic carbocycles. The minimum absolute atomic E-state index is 0.241. The fraction of sp³-hybridized carbons (Fsp3) is 0.588. The van der Waals surface area contributed by atoms with Gasteiger partial charge in [0.25, 0.3) is 0 Å². The first kappa shape index (κ1) is 13.6. The molecule has 0 aromatic heterocycles. The van der Waals surface area contributed by atoms with Crippen LogP contribution in [0, 0.1) is 11.3 Å². The maximum atomic E-state index is 9.72. The Kier molecular flexibility index (Phi) is 4.05. The van der Waals surface area contributed by atoms with Crippen LogP contribution in [0.5, 0.6) is 0 Å². The van der Waals surface area contributed by atoms with E-state index in [1.165, 1.54) is 5.56 Å². The molecule has 20 heavy (non-hydrogen) atoms. The van der Waals surface area contributed by atoms with Crippen molar-refractivity contribution in [3.63, 3.8) is 0 Å². The average molecular weight is 270 g/mol. The molecule has 2 aliphatic rings. The van der Waals surface area contributed by atoms with Gasteiger partial charge in [0, 0.05) is 13.1 Å². The van der Waals surface area contributed by atoms with Crippen molar-refractivity contribution < 1.29 is 4.74 Å². The second-order valence-electron chi connectivity index (χ2n) is 5.93. The maximum absolute atomic E-state index is 9.72. The summed E-state index contributed by atoms with van der Waals surface area (Å²) < 4.78 is 5.42. The predicted molar refractivity (Wildman–Crippen MR) is 78.4 cm³/mol. The zero-order chi connectivity index (χ0) is 13.8. The van der Waals surface area contributed by atoms with Crippen LogP contribution in [0.15, 0.2) is 30.3 Å². The molecule has 1 heterocycles. The standard InChI is InChI=1S/C17H22N2O/c18-14-17(19-10-12-20-13-11-19)8-6-16(7-9-17)15-4-2-1-3-5-15/h1-5,16H,6-13H2. The molecule has 1 saturated carbocycles. The minimum atomic E-state index is -0.241. The number of nitriles is 1. The number of hydrogen-bond acceptors (Lipinski definition) is 3. The summed E-state index contributed by atoms with van der Waals surface area (Å²) in [6.45, 7) is 3.35. The smallest absolute Gasteiger partial charge is 0.109 e. The predicted octanol–water partition coefficient (Wildman–Crippen LogP) is 2.94. The van der Waals surface area contributed by atoms with Gasteiger partial charge in [-0.3, -0.25) is 4.90 Å². The molecule has 0 N–H and O–H groups in total. The van der Waals surface area contributed by atoms with Gasteiger partial charge in [-0.25, -0.2) is 0 Å². The quantitative estimate of drug-likeness (QED) is 0.829. The number of benzene rings is 1. The topological polar surface area (TPSA) is 36.3 Å². The molecule has 3 nitrogen and oxygen atoms in total. The zero-order valence-electron chi connectivity index (χ0n) is 11.9. The highest BCUT2D eigenvalue weighted by atomic mass is 16.5. The molecular weight excluding hydrogens is 248 g/mol. The van der Waals surface area contributed by atoms with Crippen molar-refractivity contribution in [1.82, 2.24) is 4.90 Å². The lowest BCUT2D eigenvalue weighted by atomic mass is 9.74. The van der Waals surface area contributed by atoms with E-state index in [9.17, 15) is 5.26 Å². The lowest BCUT2D eigenvalue weighted by Gasteiger charge is -2.44. The Morgan fingerprint density at radius 3 is 2.35 bits per heavy atom. The summed E-state index contributed by atoms with van der Waals surface area (Å²) in [6.07, 6.45) is 4.22. The van der Waals surface area contributed by atoms with Crippen LogP contribution in [-0.2, 0) is 4.74 Å². The van der Waals surface area contributed by atoms with Crippen molar-refractivity contribution in [2.45, 2.75) is 37.1 Å². The van der Waals surface area contributed by atoms with Crippen LogP contribution in [0.4, 0.5) is 0 Å². The van der Waals surface area contributed by atoms with E-state index in [0.717, 1.165) is 52.0 Å². The molecular formula is C17H22N2O. The minimum Gasteiger partial charge on any atom is -0.379 e. The van der Waals surface area contributed by atoms with Gasteiger partial charge in [-0.05, 0) is 37.2 Å². The number of rotatable bonds is 2. The van der Waals surface area contributed by atoms with E-state index in [1.54, 1.807) is 0 Å². The van der Waals surface area contributed by atoms with Crippen molar-refractivity contribution in [2.75, 3.05) is 26.3 Å². The Balaban J connectivity index is 1.68. The highest BCUT2D eigenvalue weighted by Gasteiger charge is 2.41. The number of morpholine rings is 1. The molecule has 3 rings (SSSR count). The molecule has 1 aromatic rings. The van der Waals surface area contributed by atoms with Crippen molar-refractivity contribution in [2.24, 2.45) is 0 Å². The Bertz CT molecular complexity index is 466. The Hall–Kier alpha value is -1.37. The first-order valence-electron chi connectivity index (χ1n) is 7.63. The van der Waals surface area contributed by atoms with Gasteiger partial charge in [-0.15, -0.1) is 0 Å². The summed E-state index contributed by atoms with van der Waals surface area (Å²) in [5.41, 5.74) is 1.19. The number of nitrogens with zero attached hydrogens (tertiary/aromatic N) is 2. The van der Waals surface area contributed by atoms with E-state index in [4.69, 9.17) is 4.74 Å². The maximum Gasteiger partial charge on any atom is 0.109 e. The van der Waals surface area contributed by atoms with Crippen LogP contribution in [0.2, 0.25) is 0 Å². The third kappa shape index (κ3) is 2.59. The van der Waals surface area contributed by atoms with Gasteiger partial charge < -0.3 is 4.74 Å². The summed E-state index contributed by atoms with van der Waals surface area (Å²) in [4.78, 5) is 2.36. The van der Waals surface area contributed by atoms with E-state index in [0.29, 0.717) is 5.92 Å². The van der Waals surface area contributed by atoms with Crippen molar-refractivity contribution in [1.29, 1.82) is 5.26 Å². The Morgan fingerprint density at radius 1 is 1.10 bits per heavy atom. The third-order valence-electron chi connectivity index (χ3n) is 4.91. The van der Waals surface area contributed by atoms with Gasteiger partial charge in [-0.1, -0.05) is 30.3 Å². The highest BCUT2D eigenvalue weighted by Crippen LogP contribution is 2.40. The summed E-state index contributed by atoms with van der Waals surface area (Å²) in [6, 6.07) is 13.4. The summed E-state index contributed by atoms with van der Waals surface area (Å²) in [7, 11) is 0. The number of hydrogen-bond donors (Lipinski definition) is 0. The average Bonchev–Trinajstić information content (AvgIpc) is 2.56. The van der Waals surface area contributed by atoms with Gasteiger partial charge in [0.15, 0.2) is 0 Å². The highest BCUT2D eigenvalue weighted by molar-refractivity contribution is 5.22.